The smallest absolute Gasteiger partial charge is 0.194 e. The van der Waals surface area contributed by atoms with Gasteiger partial charge < -0.3 is 15.1 Å². The third-order valence-electron chi connectivity index (χ3n) is 4.23. The normalized spacial score (nSPS) is 15.2. The Morgan fingerprint density at radius 2 is 2.12 bits per heavy atom. The number of guanidine groups is 1. The zero-order chi connectivity index (χ0) is 17.6. The molecule has 2 heterocycles. The molecule has 1 aliphatic heterocycles. The third-order valence-corrected chi connectivity index (χ3v) is 5.16. The van der Waals surface area contributed by atoms with E-state index < -0.39 is 0 Å². The van der Waals surface area contributed by atoms with E-state index in [0.717, 1.165) is 32.1 Å². The van der Waals surface area contributed by atoms with Crippen LogP contribution >= 0.6 is 11.3 Å². The Kier molecular flexibility index (Phi) is 5.51. The Hall–Kier alpha value is -2.59. The maximum Gasteiger partial charge on any atom is 0.194 e. The molecular weight excluding hydrogens is 337 g/mol. The van der Waals surface area contributed by atoms with Crippen LogP contribution in [0.5, 0.6) is 0 Å². The van der Waals surface area contributed by atoms with Crippen LogP contribution in [-0.2, 0) is 6.54 Å². The van der Waals surface area contributed by atoms with Gasteiger partial charge in [-0.05, 0) is 29.6 Å². The van der Waals surface area contributed by atoms with E-state index in [-0.39, 0.29) is 5.82 Å². The number of hydrogen-bond donors (Lipinski definition) is 1. The van der Waals surface area contributed by atoms with Gasteiger partial charge in [0.1, 0.15) is 5.82 Å². The lowest BCUT2D eigenvalue weighted by Crippen LogP contribution is -2.52. The van der Waals surface area contributed by atoms with Crippen LogP contribution in [0.1, 0.15) is 11.1 Å². The monoisotopic (exact) mass is 357 g/mol. The third kappa shape index (κ3) is 4.09. The lowest BCUT2D eigenvalue weighted by Gasteiger charge is -2.37. The molecule has 1 aromatic heterocycles. The van der Waals surface area contributed by atoms with Crippen LogP contribution in [0.3, 0.4) is 0 Å². The van der Waals surface area contributed by atoms with Crippen LogP contribution in [0.15, 0.2) is 40.7 Å². The molecule has 25 heavy (non-hydrogen) atoms. The van der Waals surface area contributed by atoms with E-state index in [0.29, 0.717) is 17.7 Å². The number of aliphatic imine (C=N–C) groups is 1. The van der Waals surface area contributed by atoms with Crippen molar-refractivity contribution in [2.24, 2.45) is 4.99 Å². The topological polar surface area (TPSA) is 54.7 Å². The van der Waals surface area contributed by atoms with Crippen LogP contribution < -0.4 is 10.2 Å². The fourth-order valence-corrected chi connectivity index (χ4v) is 3.64. The van der Waals surface area contributed by atoms with Gasteiger partial charge in [-0.3, -0.25) is 4.99 Å². The summed E-state index contributed by atoms with van der Waals surface area (Å²) < 4.78 is 14.0. The summed E-state index contributed by atoms with van der Waals surface area (Å²) in [6.07, 6.45) is 0. The van der Waals surface area contributed by atoms with E-state index in [1.165, 1.54) is 11.1 Å². The van der Waals surface area contributed by atoms with Crippen LogP contribution in [0, 0.1) is 17.1 Å². The fraction of sp³-hybridized carbons (Fsp3) is 0.333. The van der Waals surface area contributed by atoms with Gasteiger partial charge in [-0.25, -0.2) is 4.39 Å². The second-order valence-electron chi connectivity index (χ2n) is 5.74. The summed E-state index contributed by atoms with van der Waals surface area (Å²) in [6.45, 7) is 3.95. The molecular formula is C18H20FN5S. The van der Waals surface area contributed by atoms with Gasteiger partial charge in [0, 0.05) is 45.3 Å². The molecule has 0 aliphatic carbocycles. The Bertz CT molecular complexity index is 773. The van der Waals surface area contributed by atoms with Crippen LogP contribution in [0.2, 0.25) is 0 Å². The summed E-state index contributed by atoms with van der Waals surface area (Å²) in [6, 6.07) is 10.7. The van der Waals surface area contributed by atoms with Gasteiger partial charge in [0.15, 0.2) is 5.96 Å². The minimum atomic E-state index is -0.371. The van der Waals surface area contributed by atoms with Gasteiger partial charge in [-0.15, -0.1) is 11.3 Å². The molecule has 7 heteroatoms. The van der Waals surface area contributed by atoms with Crippen molar-refractivity contribution in [3.63, 3.8) is 0 Å². The van der Waals surface area contributed by atoms with Crippen LogP contribution in [0.25, 0.3) is 0 Å². The van der Waals surface area contributed by atoms with E-state index in [4.69, 9.17) is 5.26 Å². The van der Waals surface area contributed by atoms with Crippen molar-refractivity contribution in [1.82, 2.24) is 10.2 Å². The predicted octanol–water partition coefficient (Wildman–Crippen LogP) is 2.66. The number of nitriles is 1. The highest BCUT2D eigenvalue weighted by atomic mass is 32.1. The first kappa shape index (κ1) is 17.2. The standard InChI is InChI=1S/C18H20FN5S/c1-21-18(22-13-15-5-4-14(12-20)11-16(15)19)24-8-6-23(7-9-24)17-3-2-10-25-17/h2-5,10-11H,6-9,13H2,1H3,(H,21,22). The maximum atomic E-state index is 14.0. The Morgan fingerprint density at radius 3 is 2.72 bits per heavy atom. The summed E-state index contributed by atoms with van der Waals surface area (Å²) in [5.41, 5.74) is 0.854. The summed E-state index contributed by atoms with van der Waals surface area (Å²) in [7, 11) is 1.74. The van der Waals surface area contributed by atoms with Crippen molar-refractivity contribution in [1.29, 1.82) is 5.26 Å². The van der Waals surface area contributed by atoms with Crippen molar-refractivity contribution >= 4 is 22.3 Å². The largest absolute Gasteiger partial charge is 0.360 e. The molecule has 0 amide bonds. The number of benzene rings is 1. The number of nitrogens with one attached hydrogen (secondary N) is 1. The van der Waals surface area contributed by atoms with Crippen LogP contribution in [0.4, 0.5) is 9.39 Å². The molecule has 1 aromatic carbocycles. The number of rotatable bonds is 3. The Balaban J connectivity index is 1.56. The summed E-state index contributed by atoms with van der Waals surface area (Å²) in [4.78, 5) is 8.87. The number of halogens is 1. The quantitative estimate of drug-likeness (QED) is 0.678. The molecule has 130 valence electrons. The van der Waals surface area contributed by atoms with Crippen molar-refractivity contribution < 1.29 is 4.39 Å². The van der Waals surface area contributed by atoms with E-state index >= 15 is 0 Å². The lowest BCUT2D eigenvalue weighted by molar-refractivity contribution is 0.373. The molecule has 0 unspecified atom stereocenters. The van der Waals surface area contributed by atoms with Gasteiger partial charge in [0.25, 0.3) is 0 Å². The van der Waals surface area contributed by atoms with Gasteiger partial charge in [0.2, 0.25) is 0 Å². The second-order valence-corrected chi connectivity index (χ2v) is 6.67. The highest BCUT2D eigenvalue weighted by Crippen LogP contribution is 2.22. The van der Waals surface area contributed by atoms with E-state index in [2.05, 4.69) is 37.6 Å². The van der Waals surface area contributed by atoms with Gasteiger partial charge in [-0.1, -0.05) is 6.07 Å². The predicted molar refractivity (Wildman–Crippen MR) is 99.4 cm³/mol. The number of hydrogen-bond acceptors (Lipinski definition) is 4. The summed E-state index contributed by atoms with van der Waals surface area (Å²) in [5, 5.41) is 15.4. The lowest BCUT2D eigenvalue weighted by atomic mass is 10.1. The van der Waals surface area contributed by atoms with Gasteiger partial charge >= 0.3 is 0 Å². The molecule has 0 atom stereocenters. The average molecular weight is 357 g/mol. The van der Waals surface area contributed by atoms with Crippen molar-refractivity contribution in [2.75, 3.05) is 38.1 Å². The number of nitrogens with zero attached hydrogens (tertiary/aromatic N) is 4. The minimum Gasteiger partial charge on any atom is -0.360 e. The number of thiophene rings is 1. The molecule has 3 rings (SSSR count). The zero-order valence-corrected chi connectivity index (χ0v) is 14.9. The molecule has 0 spiro atoms. The van der Waals surface area contributed by atoms with E-state index in [1.54, 1.807) is 30.5 Å². The van der Waals surface area contributed by atoms with Crippen molar-refractivity contribution in [3.8, 4) is 6.07 Å². The first-order valence-electron chi connectivity index (χ1n) is 8.14. The maximum absolute atomic E-state index is 14.0. The second kappa shape index (κ2) is 7.99. The summed E-state index contributed by atoms with van der Waals surface area (Å²) >= 11 is 1.75. The fourth-order valence-electron chi connectivity index (χ4n) is 2.86. The SMILES string of the molecule is CN=C(NCc1ccc(C#N)cc1F)N1CCN(c2cccs2)CC1. The molecule has 1 aliphatic rings. The van der Waals surface area contributed by atoms with E-state index in [9.17, 15) is 4.39 Å². The molecule has 1 saturated heterocycles. The van der Waals surface area contributed by atoms with Crippen molar-refractivity contribution in [2.45, 2.75) is 6.54 Å². The molecule has 2 aromatic rings. The molecule has 1 N–H and O–H groups in total. The molecule has 0 radical (unpaired) electrons. The Morgan fingerprint density at radius 1 is 1.32 bits per heavy atom. The zero-order valence-electron chi connectivity index (χ0n) is 14.1. The Labute approximate surface area is 151 Å². The first-order chi connectivity index (χ1) is 12.2. The van der Waals surface area contributed by atoms with E-state index in [1.807, 2.05) is 6.07 Å². The average Bonchev–Trinajstić information content (AvgIpc) is 3.18. The molecule has 0 saturated carbocycles. The minimum absolute atomic E-state index is 0.329. The van der Waals surface area contributed by atoms with Crippen LogP contribution in [-0.4, -0.2) is 44.1 Å². The van der Waals surface area contributed by atoms with Gasteiger partial charge in [0.05, 0.1) is 16.6 Å². The number of piperazine rings is 1. The van der Waals surface area contributed by atoms with Gasteiger partial charge in [-0.2, -0.15) is 5.26 Å². The molecule has 5 nitrogen and oxygen atoms in total. The number of anilines is 1. The first-order valence-corrected chi connectivity index (χ1v) is 9.02. The highest BCUT2D eigenvalue weighted by molar-refractivity contribution is 7.14. The highest BCUT2D eigenvalue weighted by Gasteiger charge is 2.20. The summed E-state index contributed by atoms with van der Waals surface area (Å²) in [5.74, 6) is 0.402. The molecule has 0 bridgehead atoms. The molecule has 1 fully saturated rings. The van der Waals surface area contributed by atoms with Crippen molar-refractivity contribution in [3.05, 3.63) is 52.7 Å².